The number of amides is 1. The van der Waals surface area contributed by atoms with E-state index in [-0.39, 0.29) is 11.6 Å². The molecule has 0 aliphatic carbocycles. The molecule has 6 heteroatoms. The number of pyridine rings is 1. The Morgan fingerprint density at radius 2 is 2.11 bits per heavy atom. The van der Waals surface area contributed by atoms with Gasteiger partial charge in [0.2, 0.25) is 0 Å². The first-order chi connectivity index (χ1) is 8.35. The molecule has 0 bridgehead atoms. The SMILES string of the molecule is COC(C)(C)CNC(=O)c1ccc(C(=O)O)nc1. The summed E-state index contributed by atoms with van der Waals surface area (Å²) in [5.41, 5.74) is -0.236. The number of carboxylic acid groups (broad SMARTS) is 1. The minimum Gasteiger partial charge on any atom is -0.477 e. The van der Waals surface area contributed by atoms with Gasteiger partial charge in [0.1, 0.15) is 5.69 Å². The van der Waals surface area contributed by atoms with Crippen LogP contribution in [0.15, 0.2) is 18.3 Å². The average molecular weight is 252 g/mol. The van der Waals surface area contributed by atoms with Gasteiger partial charge in [-0.15, -0.1) is 0 Å². The summed E-state index contributed by atoms with van der Waals surface area (Å²) in [5.74, 6) is -1.44. The fourth-order valence-electron chi connectivity index (χ4n) is 1.12. The zero-order valence-electron chi connectivity index (χ0n) is 10.6. The maximum absolute atomic E-state index is 11.7. The van der Waals surface area contributed by atoms with Gasteiger partial charge < -0.3 is 15.2 Å². The third-order valence-electron chi connectivity index (χ3n) is 2.47. The van der Waals surface area contributed by atoms with E-state index in [1.165, 1.54) is 18.3 Å². The second kappa shape index (κ2) is 5.59. The number of methoxy groups -OCH3 is 1. The van der Waals surface area contributed by atoms with E-state index in [0.29, 0.717) is 12.1 Å². The number of rotatable bonds is 5. The van der Waals surface area contributed by atoms with Crippen molar-refractivity contribution in [2.24, 2.45) is 0 Å². The molecule has 2 N–H and O–H groups in total. The molecule has 1 rings (SSSR count). The standard InChI is InChI=1S/C12H16N2O4/c1-12(2,18-3)7-14-10(15)8-4-5-9(11(16)17)13-6-8/h4-6H,7H2,1-3H3,(H,14,15)(H,16,17). The summed E-state index contributed by atoms with van der Waals surface area (Å²) in [6.07, 6.45) is 1.23. The summed E-state index contributed by atoms with van der Waals surface area (Å²) < 4.78 is 5.17. The Morgan fingerprint density at radius 3 is 2.56 bits per heavy atom. The molecule has 0 atom stereocenters. The monoisotopic (exact) mass is 252 g/mol. The summed E-state index contributed by atoms with van der Waals surface area (Å²) in [6, 6.07) is 2.71. The minimum atomic E-state index is -1.12. The van der Waals surface area contributed by atoms with Crippen LogP contribution in [0.4, 0.5) is 0 Å². The number of hydrogen-bond acceptors (Lipinski definition) is 4. The van der Waals surface area contributed by atoms with Gasteiger partial charge in [-0.2, -0.15) is 0 Å². The van der Waals surface area contributed by atoms with Gasteiger partial charge in [0.15, 0.2) is 0 Å². The zero-order valence-corrected chi connectivity index (χ0v) is 10.6. The van der Waals surface area contributed by atoms with Crippen LogP contribution >= 0.6 is 0 Å². The third kappa shape index (κ3) is 3.81. The van der Waals surface area contributed by atoms with Crippen molar-refractivity contribution in [3.63, 3.8) is 0 Å². The van der Waals surface area contributed by atoms with Crippen LogP contribution in [0.25, 0.3) is 0 Å². The van der Waals surface area contributed by atoms with Gasteiger partial charge in [-0.3, -0.25) is 4.79 Å². The van der Waals surface area contributed by atoms with Crippen molar-refractivity contribution in [3.8, 4) is 0 Å². The van der Waals surface area contributed by atoms with E-state index in [1.807, 2.05) is 13.8 Å². The zero-order chi connectivity index (χ0) is 13.8. The van der Waals surface area contributed by atoms with Crippen molar-refractivity contribution in [1.82, 2.24) is 10.3 Å². The topological polar surface area (TPSA) is 88.5 Å². The number of ether oxygens (including phenoxy) is 1. The van der Waals surface area contributed by atoms with Gasteiger partial charge in [-0.1, -0.05) is 0 Å². The van der Waals surface area contributed by atoms with E-state index >= 15 is 0 Å². The minimum absolute atomic E-state index is 0.0937. The quantitative estimate of drug-likeness (QED) is 0.814. The van der Waals surface area contributed by atoms with E-state index in [9.17, 15) is 9.59 Å². The largest absolute Gasteiger partial charge is 0.477 e. The summed E-state index contributed by atoms with van der Waals surface area (Å²) in [4.78, 5) is 26.0. The molecule has 0 spiro atoms. The highest BCUT2D eigenvalue weighted by Crippen LogP contribution is 2.06. The first-order valence-corrected chi connectivity index (χ1v) is 5.38. The smallest absolute Gasteiger partial charge is 0.354 e. The third-order valence-corrected chi connectivity index (χ3v) is 2.47. The van der Waals surface area contributed by atoms with E-state index in [0.717, 1.165) is 0 Å². The summed E-state index contributed by atoms with van der Waals surface area (Å²) >= 11 is 0. The van der Waals surface area contributed by atoms with Crippen LogP contribution < -0.4 is 5.32 Å². The number of hydrogen-bond donors (Lipinski definition) is 2. The Kier molecular flexibility index (Phi) is 4.38. The Balaban J connectivity index is 2.65. The second-order valence-electron chi connectivity index (χ2n) is 4.38. The molecule has 0 saturated heterocycles. The van der Waals surface area contributed by atoms with E-state index < -0.39 is 11.6 Å². The van der Waals surface area contributed by atoms with Crippen LogP contribution in [0.3, 0.4) is 0 Å². The van der Waals surface area contributed by atoms with Gasteiger partial charge in [0.25, 0.3) is 5.91 Å². The van der Waals surface area contributed by atoms with Gasteiger partial charge in [0, 0.05) is 19.9 Å². The number of nitrogens with one attached hydrogen (secondary N) is 1. The van der Waals surface area contributed by atoms with Crippen molar-refractivity contribution in [2.45, 2.75) is 19.4 Å². The average Bonchev–Trinajstić information content (AvgIpc) is 2.36. The highest BCUT2D eigenvalue weighted by molar-refractivity contribution is 5.94. The molecule has 0 unspecified atom stereocenters. The maximum Gasteiger partial charge on any atom is 0.354 e. The van der Waals surface area contributed by atoms with Crippen molar-refractivity contribution < 1.29 is 19.4 Å². The van der Waals surface area contributed by atoms with Crippen molar-refractivity contribution in [1.29, 1.82) is 0 Å². The van der Waals surface area contributed by atoms with Gasteiger partial charge >= 0.3 is 5.97 Å². The van der Waals surface area contributed by atoms with Gasteiger partial charge in [-0.05, 0) is 26.0 Å². The molecular formula is C12H16N2O4. The number of aromatic carboxylic acids is 1. The lowest BCUT2D eigenvalue weighted by molar-refractivity contribution is 0.0228. The van der Waals surface area contributed by atoms with Crippen LogP contribution in [-0.2, 0) is 4.74 Å². The summed E-state index contributed by atoms with van der Waals surface area (Å²) in [7, 11) is 1.56. The first kappa shape index (κ1) is 14.1. The molecular weight excluding hydrogens is 236 g/mol. The molecule has 1 amide bonds. The fourth-order valence-corrected chi connectivity index (χ4v) is 1.12. The van der Waals surface area contributed by atoms with Crippen LogP contribution in [-0.4, -0.2) is 41.2 Å². The molecule has 0 aliphatic rings. The van der Waals surface area contributed by atoms with Crippen molar-refractivity contribution >= 4 is 11.9 Å². The first-order valence-electron chi connectivity index (χ1n) is 5.38. The van der Waals surface area contributed by atoms with Crippen LogP contribution in [0, 0.1) is 0 Å². The van der Waals surface area contributed by atoms with E-state index in [1.54, 1.807) is 7.11 Å². The molecule has 0 saturated carbocycles. The molecule has 6 nitrogen and oxygen atoms in total. The Hall–Kier alpha value is -1.95. The van der Waals surface area contributed by atoms with Crippen molar-refractivity contribution in [3.05, 3.63) is 29.6 Å². The molecule has 1 aromatic heterocycles. The van der Waals surface area contributed by atoms with Crippen molar-refractivity contribution in [2.75, 3.05) is 13.7 Å². The summed E-state index contributed by atoms with van der Waals surface area (Å²) in [6.45, 7) is 4.04. The predicted molar refractivity (Wildman–Crippen MR) is 64.6 cm³/mol. The summed E-state index contributed by atoms with van der Waals surface area (Å²) in [5, 5.41) is 11.4. The van der Waals surface area contributed by atoms with E-state index in [2.05, 4.69) is 10.3 Å². The Morgan fingerprint density at radius 1 is 1.44 bits per heavy atom. The molecule has 18 heavy (non-hydrogen) atoms. The number of nitrogens with zero attached hydrogens (tertiary/aromatic N) is 1. The van der Waals surface area contributed by atoms with E-state index in [4.69, 9.17) is 9.84 Å². The molecule has 1 heterocycles. The second-order valence-corrected chi connectivity index (χ2v) is 4.38. The molecule has 1 aromatic rings. The highest BCUT2D eigenvalue weighted by Gasteiger charge is 2.18. The molecule has 0 radical (unpaired) electrons. The lowest BCUT2D eigenvalue weighted by Crippen LogP contribution is -2.39. The number of carbonyl (C=O) groups excluding carboxylic acids is 1. The maximum atomic E-state index is 11.7. The lowest BCUT2D eigenvalue weighted by atomic mass is 10.1. The highest BCUT2D eigenvalue weighted by atomic mass is 16.5. The molecule has 0 aromatic carbocycles. The molecule has 0 aliphatic heterocycles. The number of carboxylic acids is 1. The Bertz CT molecular complexity index is 440. The van der Waals surface area contributed by atoms with Crippen LogP contribution in [0.5, 0.6) is 0 Å². The molecule has 0 fully saturated rings. The number of aromatic nitrogens is 1. The van der Waals surface area contributed by atoms with Gasteiger partial charge in [-0.25, -0.2) is 9.78 Å². The predicted octanol–water partition coefficient (Wildman–Crippen LogP) is 0.935. The lowest BCUT2D eigenvalue weighted by Gasteiger charge is -2.23. The number of carbonyl (C=O) groups is 2. The van der Waals surface area contributed by atoms with Crippen LogP contribution in [0.2, 0.25) is 0 Å². The molecule has 98 valence electrons. The normalized spacial score (nSPS) is 11.1. The van der Waals surface area contributed by atoms with Crippen LogP contribution in [0.1, 0.15) is 34.7 Å². The Labute approximate surface area is 105 Å². The fraction of sp³-hybridized carbons (Fsp3) is 0.417. The van der Waals surface area contributed by atoms with Gasteiger partial charge in [0.05, 0.1) is 11.2 Å².